The van der Waals surface area contributed by atoms with E-state index in [-0.39, 0.29) is 0 Å². The summed E-state index contributed by atoms with van der Waals surface area (Å²) in [5.74, 6) is 0. The van der Waals surface area contributed by atoms with Crippen LogP contribution in [0.15, 0.2) is 40.2 Å². The van der Waals surface area contributed by atoms with E-state index >= 15 is 0 Å². The molecule has 0 fully saturated rings. The third-order valence-corrected chi connectivity index (χ3v) is 4.58. The van der Waals surface area contributed by atoms with Crippen LogP contribution in [0.25, 0.3) is 0 Å². The summed E-state index contributed by atoms with van der Waals surface area (Å²) in [5, 5.41) is 4.46. The van der Waals surface area contributed by atoms with E-state index in [0.29, 0.717) is 6.42 Å². The van der Waals surface area contributed by atoms with Crippen LogP contribution in [0.1, 0.15) is 32.1 Å². The highest BCUT2D eigenvalue weighted by molar-refractivity contribution is 7.89. The predicted octanol–water partition coefficient (Wildman–Crippen LogP) is 1.34. The molecule has 0 amide bonds. The number of hydrogen-bond acceptors (Lipinski definition) is 4. The van der Waals surface area contributed by atoms with Crippen molar-refractivity contribution < 1.29 is 8.42 Å². The molecule has 0 bridgehead atoms. The summed E-state index contributed by atoms with van der Waals surface area (Å²) < 4.78 is 22.4. The van der Waals surface area contributed by atoms with Crippen molar-refractivity contribution in [2.45, 2.75) is 37.4 Å². The van der Waals surface area contributed by atoms with E-state index in [4.69, 9.17) is 10.9 Å². The van der Waals surface area contributed by atoms with Gasteiger partial charge in [-0.15, -0.1) is 0 Å². The van der Waals surface area contributed by atoms with Crippen molar-refractivity contribution in [1.29, 1.82) is 0 Å². The lowest BCUT2D eigenvalue weighted by Crippen LogP contribution is -2.27. The molecule has 104 valence electrons. The number of sulfonamides is 1. The number of allylic oxidation sites excluding steroid dienone is 4. The summed E-state index contributed by atoms with van der Waals surface area (Å²) in [6.07, 6.45) is 11.4. The van der Waals surface area contributed by atoms with Gasteiger partial charge in [-0.1, -0.05) is 12.2 Å². The van der Waals surface area contributed by atoms with Crippen LogP contribution in [0.3, 0.4) is 0 Å². The summed E-state index contributed by atoms with van der Waals surface area (Å²) in [6, 6.07) is 0. The Balaban J connectivity index is 2.03. The van der Waals surface area contributed by atoms with E-state index < -0.39 is 15.3 Å². The third kappa shape index (κ3) is 3.78. The van der Waals surface area contributed by atoms with E-state index in [0.717, 1.165) is 42.7 Å². The molecule has 0 saturated carbocycles. The molecule has 0 radical (unpaired) electrons. The van der Waals surface area contributed by atoms with Gasteiger partial charge in [-0.2, -0.15) is 0 Å². The molecule has 0 spiro atoms. The topological polar surface area (TPSA) is 98.5 Å². The number of nitrogens with two attached hydrogens (primary N) is 2. The van der Waals surface area contributed by atoms with Gasteiger partial charge in [0.15, 0.2) is 0 Å². The molecule has 0 aromatic rings. The maximum atomic E-state index is 11.2. The normalized spacial score (nSPS) is 24.9. The summed E-state index contributed by atoms with van der Waals surface area (Å²) in [4.78, 5) is 4.35. The minimum atomic E-state index is -3.51. The van der Waals surface area contributed by atoms with Crippen LogP contribution in [-0.4, -0.2) is 19.9 Å². The van der Waals surface area contributed by atoms with Gasteiger partial charge in [0.05, 0.1) is 10.9 Å². The first-order valence-electron chi connectivity index (χ1n) is 6.38. The molecule has 2 aliphatic carbocycles. The Kier molecular flexibility index (Phi) is 4.21. The van der Waals surface area contributed by atoms with Gasteiger partial charge in [-0.25, -0.2) is 13.6 Å². The largest absolute Gasteiger partial charge is 0.402 e. The summed E-state index contributed by atoms with van der Waals surface area (Å²) in [7, 11) is -3.51. The second-order valence-electron chi connectivity index (χ2n) is 4.87. The maximum absolute atomic E-state index is 11.2. The maximum Gasteiger partial charge on any atom is 0.215 e. The fourth-order valence-electron chi connectivity index (χ4n) is 2.18. The molecule has 1 atom stereocenters. The molecule has 0 saturated heterocycles. The van der Waals surface area contributed by atoms with Crippen molar-refractivity contribution in [1.82, 2.24) is 0 Å². The van der Waals surface area contributed by atoms with E-state index in [1.165, 1.54) is 0 Å². The minimum Gasteiger partial charge on any atom is -0.402 e. The number of nitrogens with zero attached hydrogens (tertiary/aromatic N) is 1. The molecular weight excluding hydrogens is 262 g/mol. The summed E-state index contributed by atoms with van der Waals surface area (Å²) in [5.41, 5.74) is 8.69. The van der Waals surface area contributed by atoms with Gasteiger partial charge in [0.25, 0.3) is 0 Å². The van der Waals surface area contributed by atoms with Crippen molar-refractivity contribution in [3.63, 3.8) is 0 Å². The van der Waals surface area contributed by atoms with Gasteiger partial charge in [-0.3, -0.25) is 4.99 Å². The molecule has 5 nitrogen and oxygen atoms in total. The second kappa shape index (κ2) is 5.71. The van der Waals surface area contributed by atoms with Crippen molar-refractivity contribution in [3.05, 3.63) is 35.2 Å². The molecule has 2 rings (SSSR count). The molecule has 4 N–H and O–H groups in total. The lowest BCUT2D eigenvalue weighted by molar-refractivity contribution is 0.589. The molecule has 1 unspecified atom stereocenters. The second-order valence-corrected chi connectivity index (χ2v) is 6.65. The monoisotopic (exact) mass is 281 g/mol. The predicted molar refractivity (Wildman–Crippen MR) is 76.9 cm³/mol. The Labute approximate surface area is 113 Å². The Morgan fingerprint density at radius 2 is 2.05 bits per heavy atom. The Bertz CT molecular complexity index is 571. The molecule has 0 aromatic heterocycles. The van der Waals surface area contributed by atoms with Crippen molar-refractivity contribution in [2.75, 3.05) is 0 Å². The number of hydrogen-bond donors (Lipinski definition) is 2. The molecule has 2 aliphatic rings. The van der Waals surface area contributed by atoms with Crippen LogP contribution < -0.4 is 10.9 Å². The molecule has 0 aliphatic heterocycles. The third-order valence-electron chi connectivity index (χ3n) is 3.39. The van der Waals surface area contributed by atoms with Crippen LogP contribution in [0.2, 0.25) is 0 Å². The van der Waals surface area contributed by atoms with E-state index in [9.17, 15) is 8.42 Å². The van der Waals surface area contributed by atoms with Gasteiger partial charge < -0.3 is 5.73 Å². The van der Waals surface area contributed by atoms with Gasteiger partial charge in [0.1, 0.15) is 0 Å². The molecule has 0 aromatic carbocycles. The Hall–Kier alpha value is -1.40. The zero-order valence-corrected chi connectivity index (χ0v) is 11.6. The fraction of sp³-hybridized carbons (Fsp3) is 0.462. The molecule has 19 heavy (non-hydrogen) atoms. The van der Waals surface area contributed by atoms with Gasteiger partial charge in [0.2, 0.25) is 10.0 Å². The average Bonchev–Trinajstić information content (AvgIpc) is 2.37. The van der Waals surface area contributed by atoms with E-state index in [2.05, 4.69) is 4.99 Å². The van der Waals surface area contributed by atoms with Gasteiger partial charge in [0, 0.05) is 11.9 Å². The smallest absolute Gasteiger partial charge is 0.215 e. The highest BCUT2D eigenvalue weighted by Gasteiger charge is 2.19. The molecule has 0 heterocycles. The quantitative estimate of drug-likeness (QED) is 0.764. The zero-order valence-electron chi connectivity index (χ0n) is 10.7. The van der Waals surface area contributed by atoms with Crippen LogP contribution >= 0.6 is 0 Å². The summed E-state index contributed by atoms with van der Waals surface area (Å²) in [6.45, 7) is 0. The Morgan fingerprint density at radius 3 is 2.63 bits per heavy atom. The van der Waals surface area contributed by atoms with Gasteiger partial charge >= 0.3 is 0 Å². The van der Waals surface area contributed by atoms with Crippen LogP contribution in [0.5, 0.6) is 0 Å². The SMILES string of the molecule is NC1=C(C=NC2=CCC(S(N)(=O)=O)C=C2)CCCC1. The van der Waals surface area contributed by atoms with Crippen molar-refractivity contribution in [2.24, 2.45) is 15.9 Å². The molecule has 6 heteroatoms. The highest BCUT2D eigenvalue weighted by atomic mass is 32.2. The first kappa shape index (κ1) is 14.0. The number of primary sulfonamides is 1. The lowest BCUT2D eigenvalue weighted by Gasteiger charge is -2.14. The van der Waals surface area contributed by atoms with E-state index in [1.54, 1.807) is 24.4 Å². The molecular formula is C13H19N3O2S. The van der Waals surface area contributed by atoms with Crippen LogP contribution in [-0.2, 0) is 10.0 Å². The van der Waals surface area contributed by atoms with Crippen LogP contribution in [0, 0.1) is 0 Å². The van der Waals surface area contributed by atoms with Crippen LogP contribution in [0.4, 0.5) is 0 Å². The lowest BCUT2D eigenvalue weighted by atomic mass is 9.97. The first-order chi connectivity index (χ1) is 8.97. The van der Waals surface area contributed by atoms with Crippen molar-refractivity contribution in [3.8, 4) is 0 Å². The Morgan fingerprint density at radius 1 is 1.32 bits per heavy atom. The minimum absolute atomic E-state index is 0.372. The first-order valence-corrected chi connectivity index (χ1v) is 7.99. The van der Waals surface area contributed by atoms with Crippen molar-refractivity contribution >= 4 is 16.2 Å². The number of rotatable bonds is 3. The fourth-order valence-corrected chi connectivity index (χ4v) is 2.84. The van der Waals surface area contributed by atoms with Gasteiger partial charge in [-0.05, 0) is 43.8 Å². The standard InChI is InChI=1S/C13H19N3O2S/c14-13-4-2-1-3-10(13)9-16-11-5-7-12(8-6-11)19(15,17)18/h5-7,9,12H,1-4,8,14H2,(H2,15,17,18). The zero-order chi connectivity index (χ0) is 13.9. The average molecular weight is 281 g/mol. The highest BCUT2D eigenvalue weighted by Crippen LogP contribution is 2.21. The summed E-state index contributed by atoms with van der Waals surface area (Å²) >= 11 is 0. The van der Waals surface area contributed by atoms with E-state index in [1.807, 2.05) is 0 Å². The number of aliphatic imine (C=N–C) groups is 1.